The third-order valence-electron chi connectivity index (χ3n) is 7.23. The molecule has 1 N–H and O–H groups in total. The highest BCUT2D eigenvalue weighted by molar-refractivity contribution is 6.30. The number of benzene rings is 1. The minimum absolute atomic E-state index is 0.340. The molecule has 6 atom stereocenters. The van der Waals surface area contributed by atoms with Crippen molar-refractivity contribution in [2.24, 2.45) is 21.7 Å². The van der Waals surface area contributed by atoms with E-state index < -0.39 is 82.2 Å². The van der Waals surface area contributed by atoms with E-state index in [0.717, 1.165) is 5.56 Å². The Morgan fingerprint density at radius 1 is 0.745 bits per heavy atom. The minimum Gasteiger partial charge on any atom is -0.462 e. The van der Waals surface area contributed by atoms with Gasteiger partial charge in [-0.25, -0.2) is 0 Å². The van der Waals surface area contributed by atoms with E-state index in [4.69, 9.17) is 35.3 Å². The predicted molar refractivity (Wildman–Crippen MR) is 179 cm³/mol. The van der Waals surface area contributed by atoms with Crippen LogP contribution in [0, 0.1) is 21.7 Å². The molecular formula is C36H54ClNO9. The first-order valence-electron chi connectivity index (χ1n) is 15.9. The van der Waals surface area contributed by atoms with Crippen LogP contribution in [0.15, 0.2) is 36.9 Å². The highest BCUT2D eigenvalue weighted by Crippen LogP contribution is 2.35. The largest absolute Gasteiger partial charge is 0.462 e. The SMILES string of the molecule is C=CC[C@H](N[C@@H]1O[C@H](COC(=O)C(C)(C)C)[C@H](OC(=O)C(C)(C)C)[C@H](OC(=O)C(C)(C)C)[C@H]1OC(=O)C(C)(C)C)c1ccc(Cl)cc1. The zero-order valence-corrected chi connectivity index (χ0v) is 30.8. The molecule has 0 spiro atoms. The number of nitrogens with one attached hydrogen (secondary N) is 1. The average molecular weight is 680 g/mol. The van der Waals surface area contributed by atoms with Gasteiger partial charge < -0.3 is 23.7 Å². The summed E-state index contributed by atoms with van der Waals surface area (Å²) in [5.41, 5.74) is -2.88. The first kappa shape index (κ1) is 40.2. The summed E-state index contributed by atoms with van der Waals surface area (Å²) < 4.78 is 30.4. The Bertz CT molecular complexity index is 1270. The zero-order valence-electron chi connectivity index (χ0n) is 30.0. The van der Waals surface area contributed by atoms with E-state index in [1.165, 1.54) is 0 Å². The average Bonchev–Trinajstić information content (AvgIpc) is 2.92. The molecule has 0 saturated carbocycles. The van der Waals surface area contributed by atoms with Crippen molar-refractivity contribution in [3.05, 3.63) is 47.5 Å². The second-order valence-corrected chi connectivity index (χ2v) is 16.5. The lowest BCUT2D eigenvalue weighted by molar-refractivity contribution is -0.266. The van der Waals surface area contributed by atoms with Crippen LogP contribution >= 0.6 is 11.6 Å². The molecule has 1 aromatic carbocycles. The molecule has 1 aliphatic rings. The second kappa shape index (κ2) is 15.5. The monoisotopic (exact) mass is 679 g/mol. The van der Waals surface area contributed by atoms with Gasteiger partial charge in [0.15, 0.2) is 24.5 Å². The van der Waals surface area contributed by atoms with Crippen molar-refractivity contribution in [3.63, 3.8) is 0 Å². The molecule has 0 unspecified atom stereocenters. The molecular weight excluding hydrogens is 626 g/mol. The van der Waals surface area contributed by atoms with Gasteiger partial charge >= 0.3 is 23.9 Å². The quantitative estimate of drug-likeness (QED) is 0.161. The molecule has 0 aromatic heterocycles. The maximum Gasteiger partial charge on any atom is 0.311 e. The first-order chi connectivity index (χ1) is 21.4. The molecule has 1 heterocycles. The lowest BCUT2D eigenvalue weighted by Gasteiger charge is -2.47. The number of carbonyl (C=O) groups is 4. The maximum absolute atomic E-state index is 13.5. The lowest BCUT2D eigenvalue weighted by Crippen LogP contribution is -2.66. The molecule has 1 aromatic rings. The van der Waals surface area contributed by atoms with Gasteiger partial charge in [-0.15, -0.1) is 6.58 Å². The molecule has 264 valence electrons. The standard InChI is InChI=1S/C36H54ClNO9/c1-14-15-23(21-16-18-22(37)19-17-21)38-28-27(47-32(42)36(11,12)13)26(46-31(41)35(8,9)10)25(45-30(40)34(5,6)7)24(44-28)20-43-29(39)33(2,3)4/h14,16-19,23-28,38H,1,15,20H2,2-13H3/t23-,24+,25-,26-,27+,28+/m0/s1. The molecule has 0 aliphatic carbocycles. The highest BCUT2D eigenvalue weighted by atomic mass is 35.5. The van der Waals surface area contributed by atoms with Gasteiger partial charge in [0.25, 0.3) is 0 Å². The molecule has 1 fully saturated rings. The molecule has 1 saturated heterocycles. The molecule has 2 rings (SSSR count). The van der Waals surface area contributed by atoms with Gasteiger partial charge in [0, 0.05) is 11.1 Å². The molecule has 0 amide bonds. The summed E-state index contributed by atoms with van der Waals surface area (Å²) in [6, 6.07) is 6.76. The van der Waals surface area contributed by atoms with Crippen molar-refractivity contribution in [1.82, 2.24) is 5.32 Å². The van der Waals surface area contributed by atoms with Gasteiger partial charge in [-0.05, 0) is 107 Å². The molecule has 1 aliphatic heterocycles. The Morgan fingerprint density at radius 2 is 1.17 bits per heavy atom. The van der Waals surface area contributed by atoms with Crippen molar-refractivity contribution in [2.45, 2.75) is 126 Å². The fraction of sp³-hybridized carbons (Fsp3) is 0.667. The van der Waals surface area contributed by atoms with Crippen LogP contribution in [0.4, 0.5) is 0 Å². The highest BCUT2D eigenvalue weighted by Gasteiger charge is 2.55. The fourth-order valence-corrected chi connectivity index (χ4v) is 4.35. The van der Waals surface area contributed by atoms with Gasteiger partial charge in [0.2, 0.25) is 0 Å². The van der Waals surface area contributed by atoms with E-state index in [2.05, 4.69) is 11.9 Å². The van der Waals surface area contributed by atoms with E-state index in [0.29, 0.717) is 11.4 Å². The van der Waals surface area contributed by atoms with E-state index >= 15 is 0 Å². The van der Waals surface area contributed by atoms with Crippen LogP contribution in [0.1, 0.15) is 101 Å². The molecule has 0 bridgehead atoms. The summed E-state index contributed by atoms with van der Waals surface area (Å²) in [7, 11) is 0. The van der Waals surface area contributed by atoms with Crippen molar-refractivity contribution < 1.29 is 42.9 Å². The van der Waals surface area contributed by atoms with E-state index in [9.17, 15) is 19.2 Å². The van der Waals surface area contributed by atoms with Gasteiger partial charge in [-0.2, -0.15) is 0 Å². The van der Waals surface area contributed by atoms with Crippen molar-refractivity contribution in [3.8, 4) is 0 Å². The summed E-state index contributed by atoms with van der Waals surface area (Å²) >= 11 is 6.16. The summed E-state index contributed by atoms with van der Waals surface area (Å²) in [6.45, 7) is 23.8. The Balaban J connectivity index is 2.77. The number of carbonyl (C=O) groups excluding carboxylic acids is 4. The van der Waals surface area contributed by atoms with Crippen LogP contribution < -0.4 is 5.32 Å². The van der Waals surface area contributed by atoms with Crippen LogP contribution in [0.2, 0.25) is 5.02 Å². The van der Waals surface area contributed by atoms with Crippen LogP contribution in [0.25, 0.3) is 0 Å². The van der Waals surface area contributed by atoms with Gasteiger partial charge in [-0.3, -0.25) is 24.5 Å². The minimum atomic E-state index is -1.35. The fourth-order valence-electron chi connectivity index (χ4n) is 4.22. The summed E-state index contributed by atoms with van der Waals surface area (Å²) in [5, 5.41) is 3.96. The van der Waals surface area contributed by atoms with Crippen LogP contribution in [-0.4, -0.2) is 61.1 Å². The van der Waals surface area contributed by atoms with E-state index in [1.54, 1.807) is 101 Å². The maximum atomic E-state index is 13.5. The van der Waals surface area contributed by atoms with Crippen molar-refractivity contribution in [2.75, 3.05) is 6.61 Å². The first-order valence-corrected chi connectivity index (χ1v) is 16.3. The molecule has 0 radical (unpaired) electrons. The van der Waals surface area contributed by atoms with Gasteiger partial charge in [-0.1, -0.05) is 29.8 Å². The topological polar surface area (TPSA) is 126 Å². The van der Waals surface area contributed by atoms with Gasteiger partial charge in [0.05, 0.1) is 21.7 Å². The van der Waals surface area contributed by atoms with Crippen LogP contribution in [-0.2, 0) is 42.9 Å². The third kappa shape index (κ3) is 11.6. The molecule has 10 nitrogen and oxygen atoms in total. The third-order valence-corrected chi connectivity index (χ3v) is 7.48. The van der Waals surface area contributed by atoms with Crippen LogP contribution in [0.3, 0.4) is 0 Å². The summed E-state index contributed by atoms with van der Waals surface area (Å²) in [6.07, 6.45) is -4.05. The Labute approximate surface area is 285 Å². The predicted octanol–water partition coefficient (Wildman–Crippen LogP) is 6.73. The summed E-state index contributed by atoms with van der Waals surface area (Å²) in [4.78, 5) is 53.2. The van der Waals surface area contributed by atoms with Crippen molar-refractivity contribution >= 4 is 35.5 Å². The molecule has 47 heavy (non-hydrogen) atoms. The van der Waals surface area contributed by atoms with E-state index in [1.807, 2.05) is 12.1 Å². The Morgan fingerprint density at radius 3 is 1.60 bits per heavy atom. The zero-order chi connectivity index (χ0) is 36.1. The van der Waals surface area contributed by atoms with Crippen LogP contribution in [0.5, 0.6) is 0 Å². The number of hydrogen-bond donors (Lipinski definition) is 1. The Hall–Kier alpha value is -2.95. The molecule has 11 heteroatoms. The second-order valence-electron chi connectivity index (χ2n) is 16.1. The van der Waals surface area contributed by atoms with Crippen molar-refractivity contribution in [1.29, 1.82) is 0 Å². The van der Waals surface area contributed by atoms with E-state index in [-0.39, 0.29) is 6.61 Å². The lowest BCUT2D eigenvalue weighted by atomic mass is 9.92. The summed E-state index contributed by atoms with van der Waals surface area (Å²) in [5.74, 6) is -2.35. The number of hydrogen-bond acceptors (Lipinski definition) is 10. The number of ether oxygens (including phenoxy) is 5. The number of esters is 4. The Kier molecular flexibility index (Phi) is 13.3. The number of rotatable bonds is 10. The number of halogens is 1. The normalized spacial score (nSPS) is 22.9. The van der Waals surface area contributed by atoms with Gasteiger partial charge in [0.1, 0.15) is 12.7 Å². The smallest absolute Gasteiger partial charge is 0.311 e.